The van der Waals surface area contributed by atoms with Crippen LogP contribution >= 0.6 is 0 Å². The van der Waals surface area contributed by atoms with Crippen LogP contribution in [0.5, 0.6) is 5.75 Å². The van der Waals surface area contributed by atoms with Gasteiger partial charge in [0.2, 0.25) is 0 Å². The van der Waals surface area contributed by atoms with Crippen molar-refractivity contribution in [3.63, 3.8) is 0 Å². The number of aliphatic carboxylic acids is 1. The molecule has 10 heteroatoms. The minimum Gasteiger partial charge on any atom is -0.494 e. The number of carboxylic acids is 1. The zero-order valence-electron chi connectivity index (χ0n) is 13.8. The fourth-order valence-corrected chi connectivity index (χ4v) is 2.35. The van der Waals surface area contributed by atoms with Gasteiger partial charge in [0.05, 0.1) is 11.5 Å². The zero-order valence-corrected chi connectivity index (χ0v) is 13.8. The molecule has 0 saturated heterocycles. The Balaban J connectivity index is 2.39. The smallest absolute Gasteiger partial charge is 0.451 e. The van der Waals surface area contributed by atoms with Gasteiger partial charge in [-0.2, -0.15) is 0 Å². The molecule has 0 bridgehead atoms. The monoisotopic (exact) mass is 354 g/mol. The molecule has 0 spiro atoms. The number of nitrogens with zero attached hydrogens (tertiary/aromatic N) is 1. The number of benzene rings is 1. The van der Waals surface area contributed by atoms with Gasteiger partial charge < -0.3 is 25.6 Å². The van der Waals surface area contributed by atoms with Gasteiger partial charge in [0.15, 0.2) is 0 Å². The van der Waals surface area contributed by atoms with Crippen molar-refractivity contribution in [1.29, 1.82) is 0 Å². The molecule has 5 N–H and O–H groups in total. The molecule has 1 atom stereocenters. The molecule has 1 aromatic rings. The molecule has 0 heterocycles. The molecule has 0 fully saturated rings. The highest BCUT2D eigenvalue weighted by Gasteiger charge is 2.32. The van der Waals surface area contributed by atoms with Crippen LogP contribution in [0.1, 0.15) is 32.1 Å². The maximum absolute atomic E-state index is 11.4. The molecule has 0 aliphatic carbocycles. The van der Waals surface area contributed by atoms with E-state index in [9.17, 15) is 20.0 Å². The summed E-state index contributed by atoms with van der Waals surface area (Å²) in [5.74, 6) is -0.645. The Morgan fingerprint density at radius 3 is 2.32 bits per heavy atom. The van der Waals surface area contributed by atoms with Crippen molar-refractivity contribution in [3.8, 4) is 5.75 Å². The number of carboxylic acid groups (broad SMARTS) is 1. The first-order chi connectivity index (χ1) is 11.7. The first-order valence-corrected chi connectivity index (χ1v) is 8.00. The van der Waals surface area contributed by atoms with E-state index in [-0.39, 0.29) is 31.5 Å². The van der Waals surface area contributed by atoms with Crippen molar-refractivity contribution in [2.24, 2.45) is 5.73 Å². The van der Waals surface area contributed by atoms with Crippen molar-refractivity contribution in [3.05, 3.63) is 34.4 Å². The third-order valence-electron chi connectivity index (χ3n) is 3.84. The van der Waals surface area contributed by atoms with E-state index in [1.165, 1.54) is 24.3 Å². The molecular formula is C15H23BN2O7. The second-order valence-electron chi connectivity index (χ2n) is 5.89. The van der Waals surface area contributed by atoms with Crippen LogP contribution in [-0.2, 0) is 4.79 Å². The topological polar surface area (TPSA) is 156 Å². The molecule has 1 unspecified atom stereocenters. The molecule has 0 aliphatic heterocycles. The maximum atomic E-state index is 11.4. The van der Waals surface area contributed by atoms with Crippen molar-refractivity contribution in [2.75, 3.05) is 6.61 Å². The van der Waals surface area contributed by atoms with Gasteiger partial charge >= 0.3 is 13.1 Å². The van der Waals surface area contributed by atoms with Crippen molar-refractivity contribution in [1.82, 2.24) is 0 Å². The van der Waals surface area contributed by atoms with Crippen molar-refractivity contribution < 1.29 is 29.6 Å². The van der Waals surface area contributed by atoms with E-state index in [1.54, 1.807) is 0 Å². The zero-order chi connectivity index (χ0) is 18.9. The minimum atomic E-state index is -1.40. The number of rotatable bonds is 12. The molecule has 0 aromatic heterocycles. The van der Waals surface area contributed by atoms with Gasteiger partial charge in [0.1, 0.15) is 11.3 Å². The summed E-state index contributed by atoms with van der Waals surface area (Å²) in [5.41, 5.74) is 4.51. The van der Waals surface area contributed by atoms with E-state index < -0.39 is 23.5 Å². The quantitative estimate of drug-likeness (QED) is 0.189. The highest BCUT2D eigenvalue weighted by Crippen LogP contribution is 2.21. The Kier molecular flexibility index (Phi) is 8.33. The summed E-state index contributed by atoms with van der Waals surface area (Å²) in [5, 5.41) is 37.4. The summed E-state index contributed by atoms with van der Waals surface area (Å²) in [4.78, 5) is 21.4. The number of nitro benzene ring substituents is 1. The SMILES string of the molecule is NC(CCCCB(O)O)(CCCOc1ccc([N+](=O)[O-])cc1)C(=O)O. The summed E-state index contributed by atoms with van der Waals surface area (Å²) in [6.07, 6.45) is 1.97. The van der Waals surface area contributed by atoms with E-state index in [4.69, 9.17) is 20.5 Å². The Morgan fingerprint density at radius 1 is 1.20 bits per heavy atom. The molecule has 9 nitrogen and oxygen atoms in total. The number of ether oxygens (including phenoxy) is 1. The van der Waals surface area contributed by atoms with Gasteiger partial charge in [-0.15, -0.1) is 0 Å². The van der Waals surface area contributed by atoms with E-state index in [1.807, 2.05) is 0 Å². The van der Waals surface area contributed by atoms with E-state index in [0.29, 0.717) is 25.0 Å². The molecule has 25 heavy (non-hydrogen) atoms. The Hall–Kier alpha value is -2.17. The Bertz CT molecular complexity index is 568. The number of non-ortho nitro benzene ring substituents is 1. The number of hydrogen-bond donors (Lipinski definition) is 4. The molecule has 0 aliphatic rings. The molecule has 138 valence electrons. The van der Waals surface area contributed by atoms with Gasteiger partial charge in [-0.05, 0) is 37.7 Å². The summed E-state index contributed by atoms with van der Waals surface area (Å²) < 4.78 is 5.44. The lowest BCUT2D eigenvalue weighted by Crippen LogP contribution is -2.48. The van der Waals surface area contributed by atoms with Gasteiger partial charge in [-0.1, -0.05) is 12.8 Å². The van der Waals surface area contributed by atoms with Crippen molar-refractivity contribution in [2.45, 2.75) is 44.0 Å². The standard InChI is InChI=1S/C15H23BN2O7/c17-15(14(19)20,8-1-2-10-16(21)22)9-3-11-25-13-6-4-12(5-7-13)18(23)24/h4-7,21-22H,1-3,8-11,17H2,(H,19,20). The average Bonchev–Trinajstić information content (AvgIpc) is 2.55. The van der Waals surface area contributed by atoms with Crippen LogP contribution in [0, 0.1) is 10.1 Å². The summed E-state index contributed by atoms with van der Waals surface area (Å²) >= 11 is 0. The van der Waals surface area contributed by atoms with Crippen LogP contribution in [0.25, 0.3) is 0 Å². The molecule has 0 radical (unpaired) electrons. The van der Waals surface area contributed by atoms with Crippen LogP contribution in [-0.4, -0.2) is 45.3 Å². The lowest BCUT2D eigenvalue weighted by molar-refractivity contribution is -0.384. The fourth-order valence-electron chi connectivity index (χ4n) is 2.35. The fraction of sp³-hybridized carbons (Fsp3) is 0.533. The summed E-state index contributed by atoms with van der Waals surface area (Å²) in [6.45, 7) is 0.236. The first kappa shape index (κ1) is 20.9. The molecule has 0 saturated carbocycles. The Labute approximate surface area is 145 Å². The number of hydrogen-bond acceptors (Lipinski definition) is 7. The van der Waals surface area contributed by atoms with E-state index in [2.05, 4.69) is 0 Å². The maximum Gasteiger partial charge on any atom is 0.451 e. The normalized spacial score (nSPS) is 13.1. The van der Waals surface area contributed by atoms with Gasteiger partial charge in [0.25, 0.3) is 5.69 Å². The lowest BCUT2D eigenvalue weighted by Gasteiger charge is -2.24. The molecule has 1 rings (SSSR count). The van der Waals surface area contributed by atoms with E-state index in [0.717, 1.165) is 0 Å². The number of unbranched alkanes of at least 4 members (excludes halogenated alkanes) is 1. The average molecular weight is 354 g/mol. The Morgan fingerprint density at radius 2 is 1.80 bits per heavy atom. The third-order valence-corrected chi connectivity index (χ3v) is 3.84. The van der Waals surface area contributed by atoms with Crippen LogP contribution < -0.4 is 10.5 Å². The van der Waals surface area contributed by atoms with Crippen LogP contribution in [0.15, 0.2) is 24.3 Å². The van der Waals surface area contributed by atoms with Crippen LogP contribution in [0.2, 0.25) is 6.32 Å². The highest BCUT2D eigenvalue weighted by molar-refractivity contribution is 6.40. The summed E-state index contributed by atoms with van der Waals surface area (Å²) in [7, 11) is -1.40. The summed E-state index contributed by atoms with van der Waals surface area (Å²) in [6, 6.07) is 5.61. The molecular weight excluding hydrogens is 331 g/mol. The van der Waals surface area contributed by atoms with Gasteiger partial charge in [-0.3, -0.25) is 14.9 Å². The second kappa shape index (κ2) is 9.97. The second-order valence-corrected chi connectivity index (χ2v) is 5.89. The largest absolute Gasteiger partial charge is 0.494 e. The lowest BCUT2D eigenvalue weighted by atomic mass is 9.81. The number of nitro groups is 1. The van der Waals surface area contributed by atoms with E-state index >= 15 is 0 Å². The van der Waals surface area contributed by atoms with Gasteiger partial charge in [-0.25, -0.2) is 0 Å². The predicted octanol–water partition coefficient (Wildman–Crippen LogP) is 1.18. The molecule has 0 amide bonds. The number of nitrogens with two attached hydrogens (primary N) is 1. The third kappa shape index (κ3) is 7.50. The number of carbonyl (C=O) groups is 1. The minimum absolute atomic E-state index is 0.0350. The van der Waals surface area contributed by atoms with Crippen LogP contribution in [0.3, 0.4) is 0 Å². The van der Waals surface area contributed by atoms with Crippen LogP contribution in [0.4, 0.5) is 5.69 Å². The van der Waals surface area contributed by atoms with Crippen molar-refractivity contribution >= 4 is 18.8 Å². The van der Waals surface area contributed by atoms with Gasteiger partial charge in [0, 0.05) is 12.1 Å². The predicted molar refractivity (Wildman–Crippen MR) is 91.2 cm³/mol. The molecule has 1 aromatic carbocycles. The first-order valence-electron chi connectivity index (χ1n) is 8.00. The highest BCUT2D eigenvalue weighted by atomic mass is 16.6.